The van der Waals surface area contributed by atoms with E-state index in [1.807, 2.05) is 0 Å². The first kappa shape index (κ1) is 16.5. The monoisotopic (exact) mass is 341 g/mol. The predicted octanol–water partition coefficient (Wildman–Crippen LogP) is 3.04. The third-order valence-electron chi connectivity index (χ3n) is 5.18. The quantitative estimate of drug-likeness (QED) is 0.854. The minimum Gasteiger partial charge on any atom is -0.324 e. The number of amides is 2. The maximum Gasteiger partial charge on any atom is 0.324 e. The van der Waals surface area contributed by atoms with Gasteiger partial charge in [-0.1, -0.05) is 11.6 Å². The van der Waals surface area contributed by atoms with Crippen molar-refractivity contribution >= 4 is 23.3 Å². The first-order valence-electron chi connectivity index (χ1n) is 7.62. The van der Waals surface area contributed by atoms with Crippen molar-refractivity contribution in [1.29, 1.82) is 0 Å². The van der Waals surface area contributed by atoms with Crippen LogP contribution in [0.5, 0.6) is 0 Å². The lowest BCUT2D eigenvalue weighted by atomic mass is 9.72. The number of urea groups is 1. The highest BCUT2D eigenvalue weighted by Crippen LogP contribution is 2.44. The SMILES string of the molecule is CN(C(=O)N1CCC2(CONC2(C)C)C1)c1ccc(Cl)cc1F. The molecule has 0 radical (unpaired) electrons. The Bertz CT molecular complexity index is 640. The van der Waals surface area contributed by atoms with E-state index in [0.717, 1.165) is 6.42 Å². The lowest BCUT2D eigenvalue weighted by molar-refractivity contribution is 0.0701. The Labute approximate surface area is 140 Å². The highest BCUT2D eigenvalue weighted by atomic mass is 35.5. The molecule has 0 aliphatic carbocycles. The van der Waals surface area contributed by atoms with Gasteiger partial charge in [0, 0.05) is 36.1 Å². The average molecular weight is 342 g/mol. The average Bonchev–Trinajstić information content (AvgIpc) is 3.03. The van der Waals surface area contributed by atoms with Gasteiger partial charge in [-0.05, 0) is 38.5 Å². The van der Waals surface area contributed by atoms with Gasteiger partial charge in [0.05, 0.1) is 12.3 Å². The number of nitrogens with one attached hydrogen (secondary N) is 1. The van der Waals surface area contributed by atoms with Crippen molar-refractivity contribution in [3.05, 3.63) is 29.0 Å². The minimum atomic E-state index is -0.506. The molecule has 2 fully saturated rings. The van der Waals surface area contributed by atoms with Crippen LogP contribution < -0.4 is 10.4 Å². The number of hydrogen-bond donors (Lipinski definition) is 1. The van der Waals surface area contributed by atoms with E-state index in [9.17, 15) is 9.18 Å². The molecule has 1 unspecified atom stereocenters. The molecule has 5 nitrogen and oxygen atoms in total. The summed E-state index contributed by atoms with van der Waals surface area (Å²) in [6.07, 6.45) is 0.857. The predicted molar refractivity (Wildman–Crippen MR) is 87.0 cm³/mol. The summed E-state index contributed by atoms with van der Waals surface area (Å²) in [5, 5.41) is 0.308. The second-order valence-corrected chi connectivity index (χ2v) is 7.34. The largest absolute Gasteiger partial charge is 0.324 e. The fourth-order valence-electron chi connectivity index (χ4n) is 3.38. The number of anilines is 1. The molecule has 1 spiro atoms. The summed E-state index contributed by atoms with van der Waals surface area (Å²) in [7, 11) is 1.58. The van der Waals surface area contributed by atoms with E-state index in [1.54, 1.807) is 18.0 Å². The molecule has 3 rings (SSSR count). The lowest BCUT2D eigenvalue weighted by Crippen LogP contribution is -2.50. The molecule has 2 aliphatic rings. The zero-order chi connectivity index (χ0) is 16.8. The number of nitrogens with zero attached hydrogens (tertiary/aromatic N) is 2. The van der Waals surface area contributed by atoms with Crippen molar-refractivity contribution < 1.29 is 14.0 Å². The van der Waals surface area contributed by atoms with Gasteiger partial charge in [-0.2, -0.15) is 5.48 Å². The van der Waals surface area contributed by atoms with E-state index >= 15 is 0 Å². The normalized spacial score (nSPS) is 26.0. The minimum absolute atomic E-state index is 0.109. The van der Waals surface area contributed by atoms with Gasteiger partial charge < -0.3 is 9.74 Å². The molecule has 7 heteroatoms. The molecular formula is C16H21ClFN3O2. The van der Waals surface area contributed by atoms with E-state index in [4.69, 9.17) is 16.4 Å². The number of hydroxylamine groups is 1. The molecule has 0 bridgehead atoms. The van der Waals surface area contributed by atoms with Crippen LogP contribution in [0.3, 0.4) is 0 Å². The van der Waals surface area contributed by atoms with Crippen LogP contribution in [-0.2, 0) is 4.84 Å². The molecule has 23 heavy (non-hydrogen) atoms. The molecule has 2 amide bonds. The van der Waals surface area contributed by atoms with Crippen molar-refractivity contribution in [2.75, 3.05) is 31.6 Å². The summed E-state index contributed by atoms with van der Waals surface area (Å²) in [5.74, 6) is -0.506. The zero-order valence-corrected chi connectivity index (χ0v) is 14.3. The van der Waals surface area contributed by atoms with Crippen LogP contribution in [0, 0.1) is 11.2 Å². The third-order valence-corrected chi connectivity index (χ3v) is 5.42. The number of carbonyl (C=O) groups excluding carboxylic acids is 1. The second kappa shape index (κ2) is 5.61. The van der Waals surface area contributed by atoms with E-state index < -0.39 is 5.82 Å². The number of carbonyl (C=O) groups is 1. The molecule has 2 heterocycles. The third kappa shape index (κ3) is 2.69. The van der Waals surface area contributed by atoms with Gasteiger partial charge in [0.25, 0.3) is 0 Å². The van der Waals surface area contributed by atoms with Crippen molar-refractivity contribution in [2.24, 2.45) is 5.41 Å². The highest BCUT2D eigenvalue weighted by Gasteiger charge is 2.55. The molecule has 1 atom stereocenters. The van der Waals surface area contributed by atoms with Crippen LogP contribution in [0.25, 0.3) is 0 Å². The lowest BCUT2D eigenvalue weighted by Gasteiger charge is -2.35. The zero-order valence-electron chi connectivity index (χ0n) is 13.5. The van der Waals surface area contributed by atoms with E-state index in [1.165, 1.54) is 17.0 Å². The Morgan fingerprint density at radius 3 is 2.83 bits per heavy atom. The Balaban J connectivity index is 1.77. The Hall–Kier alpha value is -1.37. The first-order chi connectivity index (χ1) is 10.8. The molecule has 1 N–H and O–H groups in total. The summed E-state index contributed by atoms with van der Waals surface area (Å²) in [6, 6.07) is 4.09. The topological polar surface area (TPSA) is 44.8 Å². The summed E-state index contributed by atoms with van der Waals surface area (Å²) in [5.41, 5.74) is 2.95. The van der Waals surface area contributed by atoms with Crippen molar-refractivity contribution in [2.45, 2.75) is 25.8 Å². The molecule has 0 aromatic heterocycles. The van der Waals surface area contributed by atoms with E-state index in [0.29, 0.717) is 24.7 Å². The van der Waals surface area contributed by atoms with Crippen LogP contribution in [-0.4, -0.2) is 43.2 Å². The van der Waals surface area contributed by atoms with Gasteiger partial charge in [-0.3, -0.25) is 4.90 Å². The van der Waals surface area contributed by atoms with Crippen LogP contribution in [0.15, 0.2) is 18.2 Å². The van der Waals surface area contributed by atoms with Crippen molar-refractivity contribution in [3.63, 3.8) is 0 Å². The smallest absolute Gasteiger partial charge is 0.324 e. The molecule has 1 aromatic rings. The van der Waals surface area contributed by atoms with Crippen LogP contribution in [0.2, 0.25) is 5.02 Å². The molecule has 126 valence electrons. The fraction of sp³-hybridized carbons (Fsp3) is 0.562. The Kier molecular flexibility index (Phi) is 4.02. The summed E-state index contributed by atoms with van der Waals surface area (Å²) in [4.78, 5) is 21.2. The number of rotatable bonds is 1. The summed E-state index contributed by atoms with van der Waals surface area (Å²) in [6.45, 7) is 5.95. The number of hydrogen-bond acceptors (Lipinski definition) is 3. The van der Waals surface area contributed by atoms with E-state index in [2.05, 4.69) is 19.3 Å². The highest BCUT2D eigenvalue weighted by molar-refractivity contribution is 6.30. The molecule has 2 saturated heterocycles. The number of halogens is 2. The van der Waals surface area contributed by atoms with Gasteiger partial charge in [0.15, 0.2) is 0 Å². The van der Waals surface area contributed by atoms with Crippen LogP contribution >= 0.6 is 11.6 Å². The second-order valence-electron chi connectivity index (χ2n) is 6.90. The van der Waals surface area contributed by atoms with Gasteiger partial charge >= 0.3 is 6.03 Å². The van der Waals surface area contributed by atoms with Gasteiger partial charge in [0.1, 0.15) is 5.82 Å². The number of benzene rings is 1. The molecule has 0 saturated carbocycles. The number of likely N-dealkylation sites (tertiary alicyclic amines) is 1. The Morgan fingerprint density at radius 2 is 2.22 bits per heavy atom. The fourth-order valence-corrected chi connectivity index (χ4v) is 3.53. The molecule has 2 aliphatic heterocycles. The standard InChI is InChI=1S/C16H21ClFN3O2/c1-15(2)16(10-23-19-15)6-7-21(9-16)14(22)20(3)13-5-4-11(17)8-12(13)18/h4-5,8,19H,6-7,9-10H2,1-3H3. The van der Waals surface area contributed by atoms with Crippen molar-refractivity contribution in [1.82, 2.24) is 10.4 Å². The molecular weight excluding hydrogens is 321 g/mol. The van der Waals surface area contributed by atoms with Gasteiger partial charge in [-0.25, -0.2) is 9.18 Å². The first-order valence-corrected chi connectivity index (χ1v) is 8.00. The van der Waals surface area contributed by atoms with Gasteiger partial charge in [-0.15, -0.1) is 0 Å². The molecule has 1 aromatic carbocycles. The van der Waals surface area contributed by atoms with Crippen LogP contribution in [0.4, 0.5) is 14.9 Å². The Morgan fingerprint density at radius 1 is 1.48 bits per heavy atom. The van der Waals surface area contributed by atoms with Crippen LogP contribution in [0.1, 0.15) is 20.3 Å². The summed E-state index contributed by atoms with van der Waals surface area (Å²) >= 11 is 5.77. The maximum atomic E-state index is 14.0. The summed E-state index contributed by atoms with van der Waals surface area (Å²) < 4.78 is 14.0. The van der Waals surface area contributed by atoms with Gasteiger partial charge in [0.2, 0.25) is 0 Å². The van der Waals surface area contributed by atoms with E-state index in [-0.39, 0.29) is 22.7 Å². The van der Waals surface area contributed by atoms with Crippen molar-refractivity contribution in [3.8, 4) is 0 Å². The maximum absolute atomic E-state index is 14.0.